The first-order valence-corrected chi connectivity index (χ1v) is 51.7. The number of aromatic nitrogens is 3. The van der Waals surface area contributed by atoms with Gasteiger partial charge in [0.25, 0.3) is 0 Å². The van der Waals surface area contributed by atoms with Crippen molar-refractivity contribution < 1.29 is 117 Å². The number of aromatic hydroxyl groups is 1. The van der Waals surface area contributed by atoms with Gasteiger partial charge in [0.05, 0.1) is 43.4 Å². The van der Waals surface area contributed by atoms with E-state index in [-0.39, 0.29) is 63.1 Å². The number of carboxylic acids is 1. The summed E-state index contributed by atoms with van der Waals surface area (Å²) in [6.07, 6.45) is 6.88. The van der Waals surface area contributed by atoms with Crippen molar-refractivity contribution in [3.05, 3.63) is 156 Å². The number of likely N-dealkylation sites (tertiary alicyclic amines) is 1. The van der Waals surface area contributed by atoms with Crippen molar-refractivity contribution in [1.82, 2.24) is 103 Å². The van der Waals surface area contributed by atoms with E-state index in [0.29, 0.717) is 65.4 Å². The Morgan fingerprint density at radius 1 is 0.527 bits per heavy atom. The monoisotopic (exact) mass is 2110 g/mol. The number of carbonyl (C=O) groups excluding carboxylic acids is 18. The second-order valence-corrected chi connectivity index (χ2v) is 39.6. The Morgan fingerprint density at radius 2 is 1.10 bits per heavy atom. The zero-order valence-electron chi connectivity index (χ0n) is 87.3. The van der Waals surface area contributed by atoms with Gasteiger partial charge in [-0.25, -0.2) is 4.98 Å². The molecule has 46 heteroatoms. The summed E-state index contributed by atoms with van der Waals surface area (Å²) in [6, 6.07) is 8.54. The number of para-hydroxylation sites is 1. The van der Waals surface area contributed by atoms with Gasteiger partial charge in [0.1, 0.15) is 90.3 Å². The summed E-state index contributed by atoms with van der Waals surface area (Å²) in [5.74, 6) is -18.2. The highest BCUT2D eigenvalue weighted by atomic mass is 32.2. The molecular weight excluding hydrogens is 1960 g/mol. The zero-order valence-corrected chi connectivity index (χ0v) is 88.1. The third kappa shape index (κ3) is 39.3. The number of hydrogen-bond donors (Lipinski definition) is 20. The van der Waals surface area contributed by atoms with Crippen molar-refractivity contribution in [3.63, 3.8) is 0 Å². The molecule has 150 heavy (non-hydrogen) atoms. The van der Waals surface area contributed by atoms with E-state index in [1.165, 1.54) is 123 Å². The largest absolute Gasteiger partial charge is 0.508 e. The number of unbranched alkanes of at least 4 members (excludes halogenated alkanes) is 7. The molecule has 1 aliphatic heterocycles. The molecule has 820 valence electrons. The van der Waals surface area contributed by atoms with Crippen LogP contribution >= 0.6 is 11.8 Å². The van der Waals surface area contributed by atoms with Gasteiger partial charge in [0, 0.05) is 121 Å². The van der Waals surface area contributed by atoms with Crippen molar-refractivity contribution in [2.75, 3.05) is 59.3 Å². The summed E-state index contributed by atoms with van der Waals surface area (Å²) in [5.41, 5.74) is 9.25. The SMILES string of the molecule is CCCCCCCCCC(=O)NCCCC[C@H](NC(=O)[C@H](CSCC(=O)N[C@@H](Cc1c[nH]c2ccccc12)C(=O)N[C@H](C(=O)N(C)CC(=O)N[C@H](C)CC(=O)O)[C@@H](C)O)NC(=O)[C@H](C)NC(=O)[C@@H]1C[C@@H](O)CN1C(=O)[C@@H](NC(=O)[C@@H](NC(=O)[C@H](Cc1ccc(O)cc1)NC(=O)[C@H](Cc1cnc[nH]1)NC(=O)[C@H](C)N(C)C(=O)[C@H](C)NC(=O)[C@H](Cc1ccccc1)N(C)C(=O)[C@H](CCc1ccccc1)N(C)C=O)[C@@H](C)O)C(C)C)C(N)=O. The standard InChI is InChI=1S/C104H149N21O24S/c1-14-15-16-17-18-19-26-38-84(131)107-45-30-29-37-76(91(105)136)114-97(142)80(56-150-57-86(133)113-78(49-70-52-108-75-36-28-27-35-74(70)75)96(141)120-90(66(9)128)103(148)121(10)55-85(132)110-61(4)46-87(134)135)117-92(137)62(5)111-99(144)83-51-73(130)54-125(83)104(149)88(60(2)3)118-100(145)89(65(8)127)119-95(140)77(47-69-39-42-72(129)43-40-69)116-94(139)79(50-71-53-106-58-109-71)115-93(138)64(7)123(12)101(146)63(6)112-98(143)82(48-68-33-24-21-25-34-68)124(13)102(147)81(122(11)59-126)44-41-67-31-22-20-23-32-67/h20-25,27-28,31-36,39-40,42-43,52-53,58-66,73,76-83,88-90,108,127-130H,14-19,26,29-30,37-38,41,44-51,54-57H2,1-13H3,(H2,105,136)(H,106,109)(H,107,131)(H,110,132)(H,111,144)(H,112,143)(H,113,133)(H,114,142)(H,115,138)(H,116,139)(H,117,137)(H,118,145)(H,119,140)(H,120,141)(H,134,135)/t61-,62+,63+,64+,65-,66-,73-,76+,77+,78+,79+,80+,81+,82+,83+,88+,89+,90+/m1/s1. The summed E-state index contributed by atoms with van der Waals surface area (Å²) in [4.78, 5) is 282. The molecular formula is C104H149N21O24S. The van der Waals surface area contributed by atoms with E-state index in [9.17, 15) is 112 Å². The van der Waals surface area contributed by atoms with Crippen LogP contribution in [0, 0.1) is 5.92 Å². The maximum Gasteiger partial charge on any atom is 0.305 e. The molecule has 2 aromatic heterocycles. The first-order valence-electron chi connectivity index (χ1n) is 50.6. The summed E-state index contributed by atoms with van der Waals surface area (Å²) in [7, 11) is 5.40. The number of carboxylic acid groups (broad SMARTS) is 1. The third-order valence-electron chi connectivity index (χ3n) is 26.0. The Labute approximate surface area is 876 Å². The predicted molar refractivity (Wildman–Crippen MR) is 556 cm³/mol. The lowest BCUT2D eigenvalue weighted by Crippen LogP contribution is -2.63. The van der Waals surface area contributed by atoms with Crippen LogP contribution in [0.4, 0.5) is 0 Å². The number of fused-ring (bicyclic) bond motifs is 1. The summed E-state index contributed by atoms with van der Waals surface area (Å²) in [6.45, 7) is 12.0. The molecule has 45 nitrogen and oxygen atoms in total. The second kappa shape index (κ2) is 61.5. The highest BCUT2D eigenvalue weighted by Gasteiger charge is 2.46. The van der Waals surface area contributed by atoms with E-state index in [1.807, 2.05) is 30.3 Å². The van der Waals surface area contributed by atoms with E-state index < -0.39 is 253 Å². The number of aryl methyl sites for hydroxylation is 1. The van der Waals surface area contributed by atoms with Gasteiger partial charge in [-0.15, -0.1) is 11.8 Å². The number of nitrogens with zero attached hydrogens (tertiary/aromatic N) is 6. The number of rotatable bonds is 64. The summed E-state index contributed by atoms with van der Waals surface area (Å²) >= 11 is 0.755. The quantitative estimate of drug-likeness (QED) is 0.0176. The van der Waals surface area contributed by atoms with Gasteiger partial charge < -0.3 is 130 Å². The number of primary amides is 1. The molecule has 18 amide bonds. The number of H-pyrrole nitrogens is 2. The normalized spacial score (nSPS) is 16.0. The van der Waals surface area contributed by atoms with Crippen molar-refractivity contribution >= 4 is 135 Å². The van der Waals surface area contributed by atoms with Gasteiger partial charge >= 0.3 is 5.97 Å². The Balaban J connectivity index is 1.05. The van der Waals surface area contributed by atoms with Crippen LogP contribution in [0.5, 0.6) is 5.75 Å². The number of hydrogen-bond acceptors (Lipinski definition) is 25. The average molecular weight is 2110 g/mol. The molecule has 0 spiro atoms. The number of thioether (sulfide) groups is 1. The molecule has 7 rings (SSSR count). The number of benzene rings is 4. The molecule has 3 heterocycles. The molecule has 6 aromatic rings. The van der Waals surface area contributed by atoms with E-state index >= 15 is 4.79 Å². The lowest BCUT2D eigenvalue weighted by molar-refractivity contribution is -0.146. The number of phenolic OH excluding ortho intramolecular Hbond substituents is 1. The average Bonchev–Trinajstić information content (AvgIpc) is 1.67. The molecule has 18 atom stereocenters. The number of phenols is 1. The van der Waals surface area contributed by atoms with Gasteiger partial charge in [-0.05, 0) is 126 Å². The van der Waals surface area contributed by atoms with Crippen molar-refractivity contribution in [3.8, 4) is 5.75 Å². The highest BCUT2D eigenvalue weighted by Crippen LogP contribution is 2.26. The van der Waals surface area contributed by atoms with E-state index in [4.69, 9.17) is 5.73 Å². The lowest BCUT2D eigenvalue weighted by atomic mass is 10.00. The van der Waals surface area contributed by atoms with Crippen LogP contribution in [0.2, 0.25) is 0 Å². The smallest absolute Gasteiger partial charge is 0.305 e. The number of β-amino-alcohol motifs (C(OH)–C–C–N with tert-alkyl or cyclic N) is 1. The number of imidazole rings is 1. The maximum absolute atomic E-state index is 15.1. The molecule has 0 unspecified atom stereocenters. The number of amides is 18. The van der Waals surface area contributed by atoms with Crippen molar-refractivity contribution in [2.45, 2.75) is 293 Å². The molecule has 0 saturated carbocycles. The van der Waals surface area contributed by atoms with E-state index in [1.54, 1.807) is 60.8 Å². The minimum atomic E-state index is -1.94. The number of likely N-dealkylation sites (N-methyl/N-ethyl adjacent to an activating group) is 4. The summed E-state index contributed by atoms with van der Waals surface area (Å²) in [5, 5.41) is 84.9. The molecule has 1 saturated heterocycles. The second-order valence-electron chi connectivity index (χ2n) is 38.6. The van der Waals surface area contributed by atoms with Crippen LogP contribution in [0.3, 0.4) is 0 Å². The van der Waals surface area contributed by atoms with Gasteiger partial charge in [0.15, 0.2) is 0 Å². The molecule has 0 bridgehead atoms. The van der Waals surface area contributed by atoms with E-state index in [0.717, 1.165) is 77.5 Å². The number of carbonyl (C=O) groups is 19. The molecule has 1 fully saturated rings. The predicted octanol–water partition coefficient (Wildman–Crippen LogP) is -0.0186. The number of aliphatic hydroxyl groups is 3. The Morgan fingerprint density at radius 3 is 1.72 bits per heavy atom. The minimum Gasteiger partial charge on any atom is -0.508 e. The van der Waals surface area contributed by atoms with Crippen LogP contribution in [0.1, 0.15) is 180 Å². The van der Waals surface area contributed by atoms with Crippen LogP contribution in [-0.4, -0.2) is 346 Å². The number of nitrogens with two attached hydrogens (primary N) is 1. The van der Waals surface area contributed by atoms with Crippen LogP contribution in [-0.2, 0) is 123 Å². The number of aliphatic carboxylic acids is 1. The Hall–Kier alpha value is -14.4. The molecule has 0 radical (unpaired) electrons. The lowest BCUT2D eigenvalue weighted by Gasteiger charge is -2.34. The number of aliphatic hydroxyl groups excluding tert-OH is 3. The van der Waals surface area contributed by atoms with Gasteiger partial charge in [-0.2, -0.15) is 0 Å². The van der Waals surface area contributed by atoms with Crippen LogP contribution in [0.25, 0.3) is 10.9 Å². The highest BCUT2D eigenvalue weighted by molar-refractivity contribution is 8.00. The van der Waals surface area contributed by atoms with Crippen LogP contribution in [0.15, 0.2) is 128 Å². The van der Waals surface area contributed by atoms with Gasteiger partial charge in [0.2, 0.25) is 107 Å². The fourth-order valence-electron chi connectivity index (χ4n) is 17.1. The van der Waals surface area contributed by atoms with Gasteiger partial charge in [-0.1, -0.05) is 150 Å². The van der Waals surface area contributed by atoms with E-state index in [2.05, 4.69) is 85.7 Å². The number of aromatic amines is 2. The fraction of sp³-hybridized carbons (Fsp3) is 0.538. The maximum atomic E-state index is 15.1. The first kappa shape index (κ1) is 123. The fourth-order valence-corrected chi connectivity index (χ4v) is 17.9. The number of nitrogens with one attached hydrogen (secondary N) is 14. The molecule has 0 aliphatic carbocycles. The first-order chi connectivity index (χ1) is 71.2. The Bertz CT molecular complexity index is 5510. The third-order valence-corrected chi connectivity index (χ3v) is 27.0. The molecule has 1 aliphatic rings. The van der Waals surface area contributed by atoms with Crippen molar-refractivity contribution in [2.24, 2.45) is 11.7 Å². The van der Waals surface area contributed by atoms with Gasteiger partial charge in [-0.3, -0.25) is 91.1 Å². The molecule has 21 N–H and O–H groups in total. The Kier molecular flexibility index (Phi) is 50.2. The topological polar surface area (TPSA) is 657 Å². The summed E-state index contributed by atoms with van der Waals surface area (Å²) < 4.78 is 0. The van der Waals surface area contributed by atoms with Crippen LogP contribution < -0.4 is 69.5 Å². The molecule has 4 aromatic carbocycles. The van der Waals surface area contributed by atoms with Crippen molar-refractivity contribution in [1.29, 1.82) is 0 Å². The zero-order chi connectivity index (χ0) is 111. The minimum absolute atomic E-state index is 0.00977.